The average molecular weight is 157 g/mol. The molecule has 0 bridgehead atoms. The first-order chi connectivity index (χ1) is 5.35. The first-order valence-electron chi connectivity index (χ1n) is 4.22. The van der Waals surface area contributed by atoms with Gasteiger partial charge in [0, 0.05) is 20.1 Å². The zero-order chi connectivity index (χ0) is 7.73. The fraction of sp³-hybridized carbons (Fsp3) is 1.00. The van der Waals surface area contributed by atoms with E-state index in [0.29, 0.717) is 6.10 Å². The minimum atomic E-state index is 0.126. The van der Waals surface area contributed by atoms with Gasteiger partial charge in [-0.15, -0.1) is 0 Å². The molecule has 64 valence electrons. The van der Waals surface area contributed by atoms with Crippen molar-refractivity contribution in [2.45, 2.75) is 24.5 Å². The SMILES string of the molecule is COC1COC2(CCNC2)C1. The second-order valence-electron chi connectivity index (χ2n) is 3.48. The molecule has 11 heavy (non-hydrogen) atoms. The molecule has 2 saturated heterocycles. The van der Waals surface area contributed by atoms with Crippen LogP contribution in [0.15, 0.2) is 0 Å². The summed E-state index contributed by atoms with van der Waals surface area (Å²) in [7, 11) is 1.76. The van der Waals surface area contributed by atoms with Crippen LogP contribution in [0.4, 0.5) is 0 Å². The fourth-order valence-electron chi connectivity index (χ4n) is 1.97. The zero-order valence-corrected chi connectivity index (χ0v) is 6.93. The predicted molar refractivity (Wildman–Crippen MR) is 41.6 cm³/mol. The van der Waals surface area contributed by atoms with Crippen molar-refractivity contribution >= 4 is 0 Å². The highest BCUT2D eigenvalue weighted by molar-refractivity contribution is 4.96. The van der Waals surface area contributed by atoms with Crippen LogP contribution in [0.2, 0.25) is 0 Å². The van der Waals surface area contributed by atoms with Crippen LogP contribution in [0.25, 0.3) is 0 Å². The predicted octanol–water partition coefficient (Wildman–Crippen LogP) is 0.154. The molecule has 2 aliphatic heterocycles. The number of rotatable bonds is 1. The quantitative estimate of drug-likeness (QED) is 0.588. The normalized spacial score (nSPS) is 43.9. The van der Waals surface area contributed by atoms with Crippen molar-refractivity contribution in [3.63, 3.8) is 0 Å². The van der Waals surface area contributed by atoms with E-state index in [4.69, 9.17) is 9.47 Å². The molecule has 1 N–H and O–H groups in total. The van der Waals surface area contributed by atoms with Crippen molar-refractivity contribution in [3.8, 4) is 0 Å². The van der Waals surface area contributed by atoms with E-state index in [9.17, 15) is 0 Å². The van der Waals surface area contributed by atoms with Crippen LogP contribution in [-0.4, -0.2) is 38.5 Å². The van der Waals surface area contributed by atoms with Crippen molar-refractivity contribution in [2.75, 3.05) is 26.8 Å². The lowest BCUT2D eigenvalue weighted by atomic mass is 9.98. The Hall–Kier alpha value is -0.120. The maximum Gasteiger partial charge on any atom is 0.0845 e. The fourth-order valence-corrected chi connectivity index (χ4v) is 1.97. The van der Waals surface area contributed by atoms with Gasteiger partial charge < -0.3 is 14.8 Å². The molecule has 0 saturated carbocycles. The largest absolute Gasteiger partial charge is 0.379 e. The van der Waals surface area contributed by atoms with Crippen LogP contribution in [0, 0.1) is 0 Å². The van der Waals surface area contributed by atoms with Gasteiger partial charge in [0.05, 0.1) is 18.3 Å². The molecular formula is C8H15NO2. The molecule has 2 unspecified atom stereocenters. The smallest absolute Gasteiger partial charge is 0.0845 e. The third-order valence-corrected chi connectivity index (χ3v) is 2.71. The lowest BCUT2D eigenvalue weighted by Gasteiger charge is -2.20. The number of ether oxygens (including phenoxy) is 2. The third kappa shape index (κ3) is 1.28. The van der Waals surface area contributed by atoms with E-state index in [1.165, 1.54) is 0 Å². The molecule has 2 aliphatic rings. The molecule has 0 aromatic rings. The van der Waals surface area contributed by atoms with E-state index in [1.54, 1.807) is 7.11 Å². The van der Waals surface area contributed by atoms with E-state index in [2.05, 4.69) is 5.32 Å². The summed E-state index contributed by atoms with van der Waals surface area (Å²) in [4.78, 5) is 0. The molecule has 2 atom stereocenters. The summed E-state index contributed by atoms with van der Waals surface area (Å²) < 4.78 is 11.0. The van der Waals surface area contributed by atoms with Gasteiger partial charge >= 0.3 is 0 Å². The lowest BCUT2D eigenvalue weighted by Crippen LogP contribution is -2.30. The number of hydrogen-bond acceptors (Lipinski definition) is 3. The van der Waals surface area contributed by atoms with Crippen molar-refractivity contribution in [1.82, 2.24) is 5.32 Å². The molecule has 0 aromatic carbocycles. The topological polar surface area (TPSA) is 30.5 Å². The van der Waals surface area contributed by atoms with Gasteiger partial charge in [-0.2, -0.15) is 0 Å². The van der Waals surface area contributed by atoms with Gasteiger partial charge in [-0.1, -0.05) is 0 Å². The van der Waals surface area contributed by atoms with Crippen LogP contribution in [0.1, 0.15) is 12.8 Å². The summed E-state index contributed by atoms with van der Waals surface area (Å²) in [6.45, 7) is 2.88. The Bertz CT molecular complexity index is 143. The van der Waals surface area contributed by atoms with Crippen LogP contribution in [0.3, 0.4) is 0 Å². The van der Waals surface area contributed by atoms with Gasteiger partial charge in [0.15, 0.2) is 0 Å². The minimum Gasteiger partial charge on any atom is -0.379 e. The summed E-state index contributed by atoms with van der Waals surface area (Å²) in [6.07, 6.45) is 2.54. The van der Waals surface area contributed by atoms with Crippen LogP contribution in [0.5, 0.6) is 0 Å². The van der Waals surface area contributed by atoms with Gasteiger partial charge in [0.25, 0.3) is 0 Å². The highest BCUT2D eigenvalue weighted by Gasteiger charge is 2.42. The van der Waals surface area contributed by atoms with E-state index >= 15 is 0 Å². The Morgan fingerprint density at radius 2 is 2.55 bits per heavy atom. The number of methoxy groups -OCH3 is 1. The molecule has 0 radical (unpaired) electrons. The molecule has 1 spiro atoms. The van der Waals surface area contributed by atoms with Crippen LogP contribution in [-0.2, 0) is 9.47 Å². The molecular weight excluding hydrogens is 142 g/mol. The Kier molecular flexibility index (Phi) is 1.87. The Labute approximate surface area is 67.1 Å². The Balaban J connectivity index is 1.96. The second kappa shape index (κ2) is 2.73. The molecule has 0 amide bonds. The van der Waals surface area contributed by atoms with E-state index in [-0.39, 0.29) is 5.60 Å². The summed E-state index contributed by atoms with van der Waals surface area (Å²) in [5.74, 6) is 0. The maximum atomic E-state index is 5.72. The van der Waals surface area contributed by atoms with Crippen molar-refractivity contribution in [1.29, 1.82) is 0 Å². The third-order valence-electron chi connectivity index (χ3n) is 2.71. The Morgan fingerprint density at radius 1 is 1.64 bits per heavy atom. The van der Waals surface area contributed by atoms with Gasteiger partial charge in [-0.25, -0.2) is 0 Å². The first kappa shape index (κ1) is 7.53. The van der Waals surface area contributed by atoms with E-state index < -0.39 is 0 Å². The molecule has 3 heteroatoms. The molecule has 2 heterocycles. The molecule has 0 aromatic heterocycles. The van der Waals surface area contributed by atoms with E-state index in [0.717, 1.165) is 32.5 Å². The standard InChI is InChI=1S/C8H15NO2/c1-10-7-4-8(11-5-7)2-3-9-6-8/h7,9H,2-6H2,1H3. The van der Waals surface area contributed by atoms with E-state index in [1.807, 2.05) is 0 Å². The Morgan fingerprint density at radius 3 is 3.09 bits per heavy atom. The molecule has 0 aliphatic carbocycles. The van der Waals surface area contributed by atoms with Crippen LogP contribution >= 0.6 is 0 Å². The molecule has 2 rings (SSSR count). The molecule has 3 nitrogen and oxygen atoms in total. The van der Waals surface area contributed by atoms with Crippen LogP contribution < -0.4 is 5.32 Å². The minimum absolute atomic E-state index is 0.126. The van der Waals surface area contributed by atoms with Gasteiger partial charge in [-0.05, 0) is 13.0 Å². The lowest BCUT2D eigenvalue weighted by molar-refractivity contribution is 0.0142. The van der Waals surface area contributed by atoms with Crippen molar-refractivity contribution in [3.05, 3.63) is 0 Å². The first-order valence-corrected chi connectivity index (χ1v) is 4.22. The summed E-state index contributed by atoms with van der Waals surface area (Å²) in [5.41, 5.74) is 0.126. The number of hydrogen-bond donors (Lipinski definition) is 1. The van der Waals surface area contributed by atoms with Gasteiger partial charge in [0.2, 0.25) is 0 Å². The summed E-state index contributed by atoms with van der Waals surface area (Å²) >= 11 is 0. The summed E-state index contributed by atoms with van der Waals surface area (Å²) in [5, 5.41) is 3.32. The summed E-state index contributed by atoms with van der Waals surface area (Å²) in [6, 6.07) is 0. The second-order valence-corrected chi connectivity index (χ2v) is 3.48. The monoisotopic (exact) mass is 157 g/mol. The highest BCUT2D eigenvalue weighted by Crippen LogP contribution is 2.32. The maximum absolute atomic E-state index is 5.72. The van der Waals surface area contributed by atoms with Crippen molar-refractivity contribution in [2.24, 2.45) is 0 Å². The number of nitrogens with one attached hydrogen (secondary N) is 1. The van der Waals surface area contributed by atoms with Crippen molar-refractivity contribution < 1.29 is 9.47 Å². The average Bonchev–Trinajstić information content (AvgIpc) is 2.62. The van der Waals surface area contributed by atoms with Gasteiger partial charge in [-0.3, -0.25) is 0 Å². The molecule has 2 fully saturated rings. The highest BCUT2D eigenvalue weighted by atomic mass is 16.6. The van der Waals surface area contributed by atoms with Gasteiger partial charge in [0.1, 0.15) is 0 Å². The zero-order valence-electron chi connectivity index (χ0n) is 6.93.